The monoisotopic (exact) mass is 323 g/mol. The van der Waals surface area contributed by atoms with Crippen molar-refractivity contribution in [3.8, 4) is 11.4 Å². The number of H-pyrrole nitrogens is 1. The third kappa shape index (κ3) is 3.46. The Morgan fingerprint density at radius 3 is 2.89 bits per heavy atom. The molecule has 18 heavy (non-hydrogen) atoms. The Kier molecular flexibility index (Phi) is 4.60. The first kappa shape index (κ1) is 13.4. The highest BCUT2D eigenvalue weighted by Crippen LogP contribution is 2.26. The van der Waals surface area contributed by atoms with Crippen LogP contribution in [0.2, 0.25) is 0 Å². The Morgan fingerprint density at radius 1 is 1.39 bits per heavy atom. The topological polar surface area (TPSA) is 41.6 Å². The predicted molar refractivity (Wildman–Crippen MR) is 79.7 cm³/mol. The molecule has 1 N–H and O–H groups in total. The van der Waals surface area contributed by atoms with Crippen LogP contribution in [0.15, 0.2) is 45.5 Å². The van der Waals surface area contributed by atoms with Crippen LogP contribution in [0.4, 0.5) is 0 Å². The first-order valence-electron chi connectivity index (χ1n) is 5.60. The Bertz CT molecular complexity index is 559. The molecule has 94 valence electrons. The van der Waals surface area contributed by atoms with Crippen LogP contribution < -0.4 is 0 Å². The zero-order chi connectivity index (χ0) is 13.0. The van der Waals surface area contributed by atoms with Crippen molar-refractivity contribution < 1.29 is 0 Å². The molecular weight excluding hydrogens is 310 g/mol. The molecule has 0 aliphatic heterocycles. The molecule has 5 heteroatoms. The van der Waals surface area contributed by atoms with Gasteiger partial charge in [0, 0.05) is 15.8 Å². The molecule has 0 bridgehead atoms. The minimum absolute atomic E-state index is 0.776. The Balaban J connectivity index is 2.11. The number of benzene rings is 1. The molecular formula is C13H14BrN3S. The average Bonchev–Trinajstić information content (AvgIpc) is 2.78. The van der Waals surface area contributed by atoms with Crippen molar-refractivity contribution in [1.82, 2.24) is 15.2 Å². The fourth-order valence-corrected chi connectivity index (χ4v) is 2.67. The second-order valence-electron chi connectivity index (χ2n) is 4.04. The van der Waals surface area contributed by atoms with E-state index in [2.05, 4.69) is 51.0 Å². The molecule has 0 amide bonds. The Labute approximate surface area is 119 Å². The maximum atomic E-state index is 4.48. The maximum absolute atomic E-state index is 4.48. The van der Waals surface area contributed by atoms with E-state index in [9.17, 15) is 0 Å². The summed E-state index contributed by atoms with van der Waals surface area (Å²) in [6.45, 7) is 4.18. The van der Waals surface area contributed by atoms with Crippen LogP contribution in [0.1, 0.15) is 13.8 Å². The zero-order valence-electron chi connectivity index (χ0n) is 10.3. The van der Waals surface area contributed by atoms with Crippen LogP contribution in [0.3, 0.4) is 0 Å². The highest BCUT2D eigenvalue weighted by atomic mass is 79.9. The highest BCUT2D eigenvalue weighted by Gasteiger charge is 2.08. The van der Waals surface area contributed by atoms with Crippen molar-refractivity contribution in [3.05, 3.63) is 40.4 Å². The molecule has 0 aliphatic rings. The standard InChI is InChI=1S/C13H14BrN3S/c1-9(2)7-8-18-13-15-12(16-17-13)10-5-3-4-6-11(10)14/h3-7H,8H2,1-2H3,(H,15,16,17). The van der Waals surface area contributed by atoms with Gasteiger partial charge in [0.25, 0.3) is 0 Å². The third-order valence-corrected chi connectivity index (χ3v) is 3.76. The lowest BCUT2D eigenvalue weighted by molar-refractivity contribution is 0.975. The molecule has 1 aromatic carbocycles. The summed E-state index contributed by atoms with van der Waals surface area (Å²) in [5, 5.41) is 7.95. The summed E-state index contributed by atoms with van der Waals surface area (Å²) >= 11 is 5.13. The lowest BCUT2D eigenvalue weighted by atomic mass is 10.2. The minimum atomic E-state index is 0.776. The largest absolute Gasteiger partial charge is 0.258 e. The van der Waals surface area contributed by atoms with E-state index in [-0.39, 0.29) is 0 Å². The van der Waals surface area contributed by atoms with Crippen molar-refractivity contribution in [1.29, 1.82) is 0 Å². The molecule has 1 aromatic heterocycles. The molecule has 0 saturated carbocycles. The summed E-state index contributed by atoms with van der Waals surface area (Å²) in [6.07, 6.45) is 2.17. The molecule has 2 rings (SSSR count). The van der Waals surface area contributed by atoms with E-state index in [1.54, 1.807) is 11.8 Å². The molecule has 0 saturated heterocycles. The number of hydrogen-bond donors (Lipinski definition) is 1. The summed E-state index contributed by atoms with van der Waals surface area (Å²) in [7, 11) is 0. The molecule has 2 aromatic rings. The highest BCUT2D eigenvalue weighted by molar-refractivity contribution is 9.10. The van der Waals surface area contributed by atoms with Crippen LogP contribution in [-0.2, 0) is 0 Å². The minimum Gasteiger partial charge on any atom is -0.258 e. The van der Waals surface area contributed by atoms with Gasteiger partial charge in [-0.25, -0.2) is 4.98 Å². The molecule has 0 aliphatic carbocycles. The molecule has 0 fully saturated rings. The number of nitrogens with one attached hydrogen (secondary N) is 1. The number of rotatable bonds is 4. The summed E-state index contributed by atoms with van der Waals surface area (Å²) < 4.78 is 1.02. The number of thioether (sulfide) groups is 1. The lowest BCUT2D eigenvalue weighted by Gasteiger charge is -1.98. The fraction of sp³-hybridized carbons (Fsp3) is 0.231. The number of aromatic nitrogens is 3. The fourth-order valence-electron chi connectivity index (χ4n) is 1.37. The third-order valence-electron chi connectivity index (χ3n) is 2.30. The second-order valence-corrected chi connectivity index (χ2v) is 5.88. The van der Waals surface area contributed by atoms with Gasteiger partial charge in [0.05, 0.1) is 0 Å². The zero-order valence-corrected chi connectivity index (χ0v) is 12.7. The van der Waals surface area contributed by atoms with Gasteiger partial charge in [-0.15, -0.1) is 5.10 Å². The Morgan fingerprint density at radius 2 is 2.17 bits per heavy atom. The van der Waals surface area contributed by atoms with Crippen LogP contribution >= 0.6 is 27.7 Å². The van der Waals surface area contributed by atoms with Crippen molar-refractivity contribution in [2.75, 3.05) is 5.75 Å². The number of halogens is 1. The Hall–Kier alpha value is -1.07. The lowest BCUT2D eigenvalue weighted by Crippen LogP contribution is -1.82. The predicted octanol–water partition coefficient (Wildman–Crippen LogP) is 4.29. The second kappa shape index (κ2) is 6.20. The summed E-state index contributed by atoms with van der Waals surface area (Å²) in [6, 6.07) is 7.97. The van der Waals surface area contributed by atoms with Crippen molar-refractivity contribution in [2.24, 2.45) is 0 Å². The SMILES string of the molecule is CC(C)=CCSc1n[nH]c(-c2ccccc2Br)n1. The average molecular weight is 324 g/mol. The van der Waals surface area contributed by atoms with Gasteiger partial charge in [-0.1, -0.05) is 57.5 Å². The van der Waals surface area contributed by atoms with Gasteiger partial charge in [0.15, 0.2) is 5.82 Å². The van der Waals surface area contributed by atoms with Gasteiger partial charge >= 0.3 is 0 Å². The van der Waals surface area contributed by atoms with Crippen LogP contribution in [0, 0.1) is 0 Å². The first-order valence-corrected chi connectivity index (χ1v) is 7.38. The van der Waals surface area contributed by atoms with Crippen LogP contribution in [0.25, 0.3) is 11.4 Å². The van der Waals surface area contributed by atoms with E-state index in [1.807, 2.05) is 24.3 Å². The van der Waals surface area contributed by atoms with Crippen LogP contribution in [0.5, 0.6) is 0 Å². The van der Waals surface area contributed by atoms with Gasteiger partial charge in [-0.3, -0.25) is 5.10 Å². The molecule has 0 spiro atoms. The van der Waals surface area contributed by atoms with Gasteiger partial charge < -0.3 is 0 Å². The molecule has 0 atom stereocenters. The summed E-state index contributed by atoms with van der Waals surface area (Å²) in [4.78, 5) is 4.48. The number of allylic oxidation sites excluding steroid dienone is 1. The van der Waals surface area contributed by atoms with E-state index in [0.29, 0.717) is 0 Å². The van der Waals surface area contributed by atoms with Crippen molar-refractivity contribution in [2.45, 2.75) is 19.0 Å². The normalized spacial score (nSPS) is 10.4. The van der Waals surface area contributed by atoms with Gasteiger partial charge in [-0.05, 0) is 19.9 Å². The quantitative estimate of drug-likeness (QED) is 0.674. The molecule has 0 unspecified atom stereocenters. The summed E-state index contributed by atoms with van der Waals surface area (Å²) in [5.41, 5.74) is 2.34. The summed E-state index contributed by atoms with van der Waals surface area (Å²) in [5.74, 6) is 1.69. The maximum Gasteiger partial charge on any atom is 0.209 e. The molecule has 1 heterocycles. The number of hydrogen-bond acceptors (Lipinski definition) is 3. The van der Waals surface area contributed by atoms with Gasteiger partial charge in [0.1, 0.15) is 0 Å². The first-order chi connectivity index (χ1) is 8.66. The smallest absolute Gasteiger partial charge is 0.209 e. The number of aromatic amines is 1. The van der Waals surface area contributed by atoms with E-state index >= 15 is 0 Å². The number of nitrogens with zero attached hydrogens (tertiary/aromatic N) is 2. The van der Waals surface area contributed by atoms with E-state index in [4.69, 9.17) is 0 Å². The van der Waals surface area contributed by atoms with E-state index < -0.39 is 0 Å². The van der Waals surface area contributed by atoms with E-state index in [0.717, 1.165) is 26.8 Å². The van der Waals surface area contributed by atoms with Crippen molar-refractivity contribution >= 4 is 27.7 Å². The van der Waals surface area contributed by atoms with Crippen molar-refractivity contribution in [3.63, 3.8) is 0 Å². The van der Waals surface area contributed by atoms with Gasteiger partial charge in [-0.2, -0.15) is 0 Å². The van der Waals surface area contributed by atoms with Crippen LogP contribution in [-0.4, -0.2) is 20.9 Å². The van der Waals surface area contributed by atoms with E-state index in [1.165, 1.54) is 5.57 Å². The molecule has 0 radical (unpaired) electrons. The molecule has 3 nitrogen and oxygen atoms in total. The van der Waals surface area contributed by atoms with Gasteiger partial charge in [0.2, 0.25) is 5.16 Å².